The van der Waals surface area contributed by atoms with Crippen LogP contribution in [0, 0.1) is 0 Å². The molecule has 0 radical (unpaired) electrons. The van der Waals surface area contributed by atoms with E-state index in [1.165, 1.54) is 0 Å². The highest BCUT2D eigenvalue weighted by Gasteiger charge is 2.13. The summed E-state index contributed by atoms with van der Waals surface area (Å²) in [5.74, 6) is 0.533. The Balaban J connectivity index is 1.76. The molecule has 22 heavy (non-hydrogen) atoms. The Labute approximate surface area is 129 Å². The van der Waals surface area contributed by atoms with Crippen LogP contribution in [-0.4, -0.2) is 6.09 Å². The first-order valence-corrected chi connectivity index (χ1v) is 7.25. The summed E-state index contributed by atoms with van der Waals surface area (Å²) in [5, 5.41) is 5.17. The van der Waals surface area contributed by atoms with Gasteiger partial charge in [-0.3, -0.25) is 0 Å². The summed E-state index contributed by atoms with van der Waals surface area (Å²) in [6.07, 6.45) is -0.452. The van der Waals surface area contributed by atoms with Gasteiger partial charge in [-0.15, -0.1) is 0 Å². The van der Waals surface area contributed by atoms with E-state index in [0.717, 1.165) is 16.3 Å². The monoisotopic (exact) mass is 291 g/mol. The van der Waals surface area contributed by atoms with Gasteiger partial charge >= 0.3 is 6.09 Å². The fourth-order valence-corrected chi connectivity index (χ4v) is 2.51. The molecule has 0 heterocycles. The molecule has 0 saturated carbocycles. The Morgan fingerprint density at radius 3 is 2.41 bits per heavy atom. The van der Waals surface area contributed by atoms with Crippen molar-refractivity contribution in [2.45, 2.75) is 13.0 Å². The van der Waals surface area contributed by atoms with Crippen LogP contribution < -0.4 is 10.1 Å². The smallest absolute Gasteiger partial charge is 0.410 e. The molecule has 3 aromatic carbocycles. The molecule has 1 N–H and O–H groups in total. The molecule has 3 nitrogen and oxygen atoms in total. The molecular weight excluding hydrogens is 274 g/mol. The number of carbonyl (C=O) groups is 1. The maximum atomic E-state index is 12.0. The lowest BCUT2D eigenvalue weighted by atomic mass is 10.00. The SMILES string of the molecule is C[C@@H](NC(=O)Oc1ccccc1)c1cccc2ccccc12. The molecule has 1 atom stereocenters. The highest BCUT2D eigenvalue weighted by molar-refractivity contribution is 5.86. The lowest BCUT2D eigenvalue weighted by Crippen LogP contribution is -2.29. The van der Waals surface area contributed by atoms with Crippen molar-refractivity contribution in [2.75, 3.05) is 0 Å². The summed E-state index contributed by atoms with van der Waals surface area (Å²) in [7, 11) is 0. The largest absolute Gasteiger partial charge is 0.413 e. The van der Waals surface area contributed by atoms with Crippen LogP contribution >= 0.6 is 0 Å². The van der Waals surface area contributed by atoms with E-state index in [2.05, 4.69) is 23.5 Å². The van der Waals surface area contributed by atoms with Gasteiger partial charge in [0.25, 0.3) is 0 Å². The second-order valence-corrected chi connectivity index (χ2v) is 5.14. The molecule has 0 fully saturated rings. The van der Waals surface area contributed by atoms with E-state index < -0.39 is 6.09 Å². The number of fused-ring (bicyclic) bond motifs is 1. The van der Waals surface area contributed by atoms with Crippen LogP contribution in [0.2, 0.25) is 0 Å². The van der Waals surface area contributed by atoms with Crippen LogP contribution in [0.4, 0.5) is 4.79 Å². The van der Waals surface area contributed by atoms with Crippen molar-refractivity contribution in [3.63, 3.8) is 0 Å². The normalized spacial score (nSPS) is 11.9. The van der Waals surface area contributed by atoms with Crippen molar-refractivity contribution >= 4 is 16.9 Å². The quantitative estimate of drug-likeness (QED) is 0.760. The van der Waals surface area contributed by atoms with Gasteiger partial charge in [-0.2, -0.15) is 0 Å². The highest BCUT2D eigenvalue weighted by atomic mass is 16.6. The maximum absolute atomic E-state index is 12.0. The molecule has 0 aliphatic heterocycles. The average molecular weight is 291 g/mol. The van der Waals surface area contributed by atoms with E-state index in [-0.39, 0.29) is 6.04 Å². The van der Waals surface area contributed by atoms with E-state index in [9.17, 15) is 4.79 Å². The molecule has 3 aromatic rings. The third kappa shape index (κ3) is 3.09. The molecule has 3 rings (SSSR count). The molecule has 0 aliphatic carbocycles. The standard InChI is InChI=1S/C19H17NO2/c1-14(20-19(21)22-16-10-3-2-4-11-16)17-13-7-9-15-8-5-6-12-18(15)17/h2-14H,1H3,(H,20,21)/t14-/m1/s1. The van der Waals surface area contributed by atoms with Gasteiger partial charge in [0, 0.05) is 0 Å². The zero-order valence-electron chi connectivity index (χ0n) is 12.3. The van der Waals surface area contributed by atoms with Crippen LogP contribution in [0.5, 0.6) is 5.75 Å². The molecule has 0 aromatic heterocycles. The number of rotatable bonds is 3. The summed E-state index contributed by atoms with van der Waals surface area (Å²) in [6, 6.07) is 23.1. The summed E-state index contributed by atoms with van der Waals surface area (Å²) in [6.45, 7) is 1.95. The fraction of sp³-hybridized carbons (Fsp3) is 0.105. The summed E-state index contributed by atoms with van der Waals surface area (Å²) in [5.41, 5.74) is 1.07. The molecule has 0 bridgehead atoms. The van der Waals surface area contributed by atoms with Crippen molar-refractivity contribution in [3.8, 4) is 5.75 Å². The predicted molar refractivity (Wildman–Crippen MR) is 88.0 cm³/mol. The molecule has 1 amide bonds. The van der Waals surface area contributed by atoms with Gasteiger partial charge in [0.1, 0.15) is 5.75 Å². The van der Waals surface area contributed by atoms with Gasteiger partial charge in [0.15, 0.2) is 0 Å². The Kier molecular flexibility index (Phi) is 4.05. The predicted octanol–water partition coefficient (Wildman–Crippen LogP) is 4.69. The summed E-state index contributed by atoms with van der Waals surface area (Å²) in [4.78, 5) is 12.0. The second kappa shape index (κ2) is 6.31. The topological polar surface area (TPSA) is 38.3 Å². The summed E-state index contributed by atoms with van der Waals surface area (Å²) >= 11 is 0. The lowest BCUT2D eigenvalue weighted by molar-refractivity contribution is 0.197. The minimum absolute atomic E-state index is 0.137. The van der Waals surface area contributed by atoms with E-state index in [4.69, 9.17) is 4.74 Å². The Morgan fingerprint density at radius 2 is 1.59 bits per heavy atom. The van der Waals surface area contributed by atoms with E-state index in [0.29, 0.717) is 5.75 Å². The number of carbonyl (C=O) groups excluding carboxylic acids is 1. The van der Waals surface area contributed by atoms with Crippen molar-refractivity contribution in [1.29, 1.82) is 0 Å². The van der Waals surface area contributed by atoms with Crippen LogP contribution in [0.1, 0.15) is 18.5 Å². The lowest BCUT2D eigenvalue weighted by Gasteiger charge is -2.16. The molecule has 0 aliphatic rings. The number of hydrogen-bond acceptors (Lipinski definition) is 2. The number of benzene rings is 3. The number of para-hydroxylation sites is 1. The van der Waals surface area contributed by atoms with Crippen LogP contribution in [0.25, 0.3) is 10.8 Å². The second-order valence-electron chi connectivity index (χ2n) is 5.14. The Bertz CT molecular complexity index is 778. The minimum Gasteiger partial charge on any atom is -0.410 e. The van der Waals surface area contributed by atoms with Crippen LogP contribution in [0.3, 0.4) is 0 Å². The van der Waals surface area contributed by atoms with Crippen LogP contribution in [-0.2, 0) is 0 Å². The Hall–Kier alpha value is -2.81. The van der Waals surface area contributed by atoms with Crippen molar-refractivity contribution in [2.24, 2.45) is 0 Å². The number of ether oxygens (including phenoxy) is 1. The molecule has 0 spiro atoms. The van der Waals surface area contributed by atoms with Gasteiger partial charge in [-0.05, 0) is 35.4 Å². The van der Waals surface area contributed by atoms with Crippen molar-refractivity contribution < 1.29 is 9.53 Å². The Morgan fingerprint density at radius 1 is 0.909 bits per heavy atom. The number of amides is 1. The van der Waals surface area contributed by atoms with Crippen molar-refractivity contribution in [1.82, 2.24) is 5.32 Å². The van der Waals surface area contributed by atoms with Gasteiger partial charge in [-0.25, -0.2) is 4.79 Å². The average Bonchev–Trinajstić information content (AvgIpc) is 2.55. The maximum Gasteiger partial charge on any atom is 0.413 e. The van der Waals surface area contributed by atoms with E-state index in [1.54, 1.807) is 12.1 Å². The van der Waals surface area contributed by atoms with Gasteiger partial charge in [0.2, 0.25) is 0 Å². The first-order valence-electron chi connectivity index (χ1n) is 7.25. The minimum atomic E-state index is -0.452. The third-order valence-electron chi connectivity index (χ3n) is 3.58. The van der Waals surface area contributed by atoms with Crippen molar-refractivity contribution in [3.05, 3.63) is 78.4 Å². The number of hydrogen-bond donors (Lipinski definition) is 1. The highest BCUT2D eigenvalue weighted by Crippen LogP contribution is 2.24. The molecular formula is C19H17NO2. The molecule has 110 valence electrons. The summed E-state index contributed by atoms with van der Waals surface area (Å²) < 4.78 is 5.27. The van der Waals surface area contributed by atoms with Gasteiger partial charge in [-0.1, -0.05) is 60.7 Å². The zero-order chi connectivity index (χ0) is 15.4. The first kappa shape index (κ1) is 14.1. The fourth-order valence-electron chi connectivity index (χ4n) is 2.51. The van der Waals surface area contributed by atoms with E-state index in [1.807, 2.05) is 49.4 Å². The molecule has 0 saturated heterocycles. The first-order chi connectivity index (χ1) is 10.7. The molecule has 3 heteroatoms. The zero-order valence-corrected chi connectivity index (χ0v) is 12.3. The van der Waals surface area contributed by atoms with Gasteiger partial charge < -0.3 is 10.1 Å². The third-order valence-corrected chi connectivity index (χ3v) is 3.58. The van der Waals surface area contributed by atoms with E-state index >= 15 is 0 Å². The molecule has 0 unspecified atom stereocenters. The number of nitrogens with one attached hydrogen (secondary N) is 1. The van der Waals surface area contributed by atoms with Gasteiger partial charge in [0.05, 0.1) is 6.04 Å². The van der Waals surface area contributed by atoms with Crippen LogP contribution in [0.15, 0.2) is 72.8 Å².